The van der Waals surface area contributed by atoms with E-state index in [0.29, 0.717) is 11.4 Å². The average Bonchev–Trinajstić information content (AvgIpc) is 2.67. The van der Waals surface area contributed by atoms with Crippen molar-refractivity contribution in [3.05, 3.63) is 54.6 Å². The molecule has 0 aliphatic heterocycles. The lowest BCUT2D eigenvalue weighted by Gasteiger charge is -2.22. The topological polar surface area (TPSA) is 76.7 Å². The second-order valence-corrected chi connectivity index (χ2v) is 5.92. The number of methoxy groups -OCH3 is 1. The van der Waals surface area contributed by atoms with Crippen molar-refractivity contribution < 1.29 is 19.1 Å². The van der Waals surface area contributed by atoms with E-state index in [0.717, 1.165) is 12.2 Å². The van der Waals surface area contributed by atoms with E-state index in [4.69, 9.17) is 9.47 Å². The molecule has 2 aromatic carbocycles. The largest absolute Gasteiger partial charge is 0.467 e. The molecule has 0 saturated heterocycles. The van der Waals surface area contributed by atoms with Crippen LogP contribution in [0.2, 0.25) is 0 Å². The number of benzene rings is 2. The van der Waals surface area contributed by atoms with Crippen LogP contribution in [0.15, 0.2) is 54.6 Å². The third-order valence-corrected chi connectivity index (χ3v) is 4.05. The van der Waals surface area contributed by atoms with Crippen molar-refractivity contribution in [3.63, 3.8) is 0 Å². The molecule has 6 heteroatoms. The maximum Gasteiger partial charge on any atom is 0.328 e. The van der Waals surface area contributed by atoms with Gasteiger partial charge in [-0.2, -0.15) is 0 Å². The quantitative estimate of drug-likeness (QED) is 0.730. The molecule has 0 bridgehead atoms. The van der Waals surface area contributed by atoms with E-state index in [1.54, 1.807) is 24.3 Å². The van der Waals surface area contributed by atoms with Gasteiger partial charge in [-0.25, -0.2) is 9.59 Å². The van der Waals surface area contributed by atoms with Crippen LogP contribution in [0.1, 0.15) is 20.3 Å². The monoisotopic (exact) mass is 356 g/mol. The van der Waals surface area contributed by atoms with E-state index >= 15 is 0 Å². The van der Waals surface area contributed by atoms with Gasteiger partial charge >= 0.3 is 12.0 Å². The summed E-state index contributed by atoms with van der Waals surface area (Å²) in [6.45, 7) is 3.84. The van der Waals surface area contributed by atoms with Gasteiger partial charge in [-0.05, 0) is 42.3 Å². The molecule has 0 aliphatic carbocycles. The van der Waals surface area contributed by atoms with Gasteiger partial charge in [0.05, 0.1) is 7.11 Å². The predicted molar refractivity (Wildman–Crippen MR) is 100 cm³/mol. The van der Waals surface area contributed by atoms with Crippen molar-refractivity contribution >= 4 is 17.7 Å². The standard InChI is InChI=1S/C20H24N2O4/c1-4-14(2)18(19(23)25-3)22-20(24)21-15-10-12-17(13-11-15)26-16-8-6-5-7-9-16/h5-14,18H,4H2,1-3H3,(H2,21,22,24)/t14-,18+/m0/s1. The zero-order chi connectivity index (χ0) is 18.9. The number of hydrogen-bond donors (Lipinski definition) is 2. The second-order valence-electron chi connectivity index (χ2n) is 5.92. The highest BCUT2D eigenvalue weighted by molar-refractivity contribution is 5.92. The smallest absolute Gasteiger partial charge is 0.328 e. The molecule has 0 unspecified atom stereocenters. The first kappa shape index (κ1) is 19.3. The summed E-state index contributed by atoms with van der Waals surface area (Å²) in [4.78, 5) is 24.0. The van der Waals surface area contributed by atoms with Crippen LogP contribution >= 0.6 is 0 Å². The first-order valence-electron chi connectivity index (χ1n) is 8.51. The van der Waals surface area contributed by atoms with Gasteiger partial charge in [0, 0.05) is 5.69 Å². The number of urea groups is 1. The molecular weight excluding hydrogens is 332 g/mol. The van der Waals surface area contributed by atoms with Crippen molar-refractivity contribution in [2.24, 2.45) is 5.92 Å². The Labute approximate surface area is 153 Å². The first-order chi connectivity index (χ1) is 12.5. The third kappa shape index (κ3) is 5.51. The summed E-state index contributed by atoms with van der Waals surface area (Å²) in [7, 11) is 1.31. The molecule has 2 aromatic rings. The molecule has 2 N–H and O–H groups in total. The number of amides is 2. The summed E-state index contributed by atoms with van der Waals surface area (Å²) < 4.78 is 10.5. The Balaban J connectivity index is 1.95. The van der Waals surface area contributed by atoms with Crippen LogP contribution in [-0.2, 0) is 9.53 Å². The molecule has 0 fully saturated rings. The number of esters is 1. The number of carbonyl (C=O) groups is 2. The Morgan fingerprint density at radius 3 is 2.19 bits per heavy atom. The van der Waals surface area contributed by atoms with Crippen molar-refractivity contribution in [2.75, 3.05) is 12.4 Å². The summed E-state index contributed by atoms with van der Waals surface area (Å²) in [6, 6.07) is 15.3. The van der Waals surface area contributed by atoms with Gasteiger partial charge in [0.2, 0.25) is 0 Å². The van der Waals surface area contributed by atoms with E-state index in [-0.39, 0.29) is 5.92 Å². The fraction of sp³-hybridized carbons (Fsp3) is 0.300. The summed E-state index contributed by atoms with van der Waals surface area (Å²) in [5.41, 5.74) is 0.593. The fourth-order valence-corrected chi connectivity index (χ4v) is 2.34. The highest BCUT2D eigenvalue weighted by Crippen LogP contribution is 2.22. The van der Waals surface area contributed by atoms with Gasteiger partial charge in [0.15, 0.2) is 0 Å². The molecule has 6 nitrogen and oxygen atoms in total. The average molecular weight is 356 g/mol. The molecule has 0 heterocycles. The molecule has 2 atom stereocenters. The minimum atomic E-state index is -0.689. The van der Waals surface area contributed by atoms with Crippen LogP contribution in [0.25, 0.3) is 0 Å². The molecule has 0 saturated carbocycles. The van der Waals surface area contributed by atoms with E-state index in [2.05, 4.69) is 10.6 Å². The summed E-state index contributed by atoms with van der Waals surface area (Å²) in [5.74, 6) is 0.908. The van der Waals surface area contributed by atoms with Gasteiger partial charge in [-0.3, -0.25) is 0 Å². The van der Waals surface area contributed by atoms with E-state index < -0.39 is 18.0 Å². The maximum absolute atomic E-state index is 12.2. The Hall–Kier alpha value is -3.02. The lowest BCUT2D eigenvalue weighted by Crippen LogP contribution is -2.47. The molecule has 2 amide bonds. The summed E-state index contributed by atoms with van der Waals surface area (Å²) in [5, 5.41) is 5.37. The van der Waals surface area contributed by atoms with Crippen LogP contribution in [-0.4, -0.2) is 25.2 Å². The van der Waals surface area contributed by atoms with Gasteiger partial charge in [0.1, 0.15) is 17.5 Å². The summed E-state index contributed by atoms with van der Waals surface area (Å²) in [6.07, 6.45) is 0.742. The van der Waals surface area contributed by atoms with Crippen LogP contribution in [0.4, 0.5) is 10.5 Å². The molecule has 2 rings (SSSR count). The third-order valence-electron chi connectivity index (χ3n) is 4.05. The van der Waals surface area contributed by atoms with Crippen LogP contribution in [0, 0.1) is 5.92 Å². The van der Waals surface area contributed by atoms with Crippen molar-refractivity contribution in [2.45, 2.75) is 26.3 Å². The zero-order valence-electron chi connectivity index (χ0n) is 15.2. The minimum absolute atomic E-state index is 0.0325. The number of carbonyl (C=O) groups excluding carboxylic acids is 2. The molecule has 0 radical (unpaired) electrons. The molecular formula is C20H24N2O4. The van der Waals surface area contributed by atoms with Crippen molar-refractivity contribution in [3.8, 4) is 11.5 Å². The predicted octanol–water partition coefficient (Wildman–Crippen LogP) is 4.19. The number of para-hydroxylation sites is 1. The minimum Gasteiger partial charge on any atom is -0.467 e. The molecule has 138 valence electrons. The SMILES string of the molecule is CC[C@H](C)[C@@H](NC(=O)Nc1ccc(Oc2ccccc2)cc1)C(=O)OC. The Morgan fingerprint density at radius 2 is 1.62 bits per heavy atom. The fourth-order valence-electron chi connectivity index (χ4n) is 2.34. The molecule has 0 aliphatic rings. The van der Waals surface area contributed by atoms with E-state index in [1.165, 1.54) is 7.11 Å². The number of anilines is 1. The van der Waals surface area contributed by atoms with Gasteiger partial charge in [0.25, 0.3) is 0 Å². The Kier molecular flexibility index (Phi) is 7.02. The summed E-state index contributed by atoms with van der Waals surface area (Å²) >= 11 is 0. The van der Waals surface area contributed by atoms with Crippen LogP contribution in [0.3, 0.4) is 0 Å². The molecule has 0 aromatic heterocycles. The maximum atomic E-state index is 12.2. The Morgan fingerprint density at radius 1 is 1.00 bits per heavy atom. The molecule has 26 heavy (non-hydrogen) atoms. The van der Waals surface area contributed by atoms with Crippen molar-refractivity contribution in [1.82, 2.24) is 5.32 Å². The number of hydrogen-bond acceptors (Lipinski definition) is 4. The van der Waals surface area contributed by atoms with Crippen LogP contribution < -0.4 is 15.4 Å². The lowest BCUT2D eigenvalue weighted by atomic mass is 9.99. The highest BCUT2D eigenvalue weighted by Gasteiger charge is 2.26. The van der Waals surface area contributed by atoms with E-state index in [9.17, 15) is 9.59 Å². The normalized spacial score (nSPS) is 12.6. The first-order valence-corrected chi connectivity index (χ1v) is 8.51. The second kappa shape index (κ2) is 9.46. The number of ether oxygens (including phenoxy) is 2. The van der Waals surface area contributed by atoms with Gasteiger partial charge in [-0.15, -0.1) is 0 Å². The number of rotatable bonds is 7. The van der Waals surface area contributed by atoms with Gasteiger partial charge < -0.3 is 20.1 Å². The van der Waals surface area contributed by atoms with Crippen LogP contribution in [0.5, 0.6) is 11.5 Å². The molecule has 0 spiro atoms. The lowest BCUT2D eigenvalue weighted by molar-refractivity contribution is -0.144. The highest BCUT2D eigenvalue weighted by atomic mass is 16.5. The Bertz CT molecular complexity index is 716. The van der Waals surface area contributed by atoms with Gasteiger partial charge in [-0.1, -0.05) is 38.5 Å². The number of nitrogens with one attached hydrogen (secondary N) is 2. The van der Waals surface area contributed by atoms with Crippen molar-refractivity contribution in [1.29, 1.82) is 0 Å². The zero-order valence-corrected chi connectivity index (χ0v) is 15.2. The van der Waals surface area contributed by atoms with E-state index in [1.807, 2.05) is 44.2 Å².